The Morgan fingerprint density at radius 1 is 0.812 bits per heavy atom. The molecule has 1 aliphatic heterocycles. The molecule has 0 amide bonds. The zero-order valence-corrected chi connectivity index (χ0v) is 8.71. The van der Waals surface area contributed by atoms with Crippen molar-refractivity contribution in [2.24, 2.45) is 0 Å². The molecule has 0 saturated carbocycles. The second kappa shape index (κ2) is 3.30. The molecule has 2 nitrogen and oxygen atoms in total. The molecule has 3 rings (SSSR count). The van der Waals surface area contributed by atoms with Gasteiger partial charge in [0.25, 0.3) is 0 Å². The molecule has 0 aliphatic carbocycles. The van der Waals surface area contributed by atoms with Gasteiger partial charge in [0.15, 0.2) is 0 Å². The molecule has 0 aromatic heterocycles. The van der Waals surface area contributed by atoms with Crippen LogP contribution in [0, 0.1) is 5.21 Å². The number of benzene rings is 2. The van der Waals surface area contributed by atoms with Crippen LogP contribution >= 0.6 is 0 Å². The van der Waals surface area contributed by atoms with Gasteiger partial charge in [0, 0.05) is 29.8 Å². The highest BCUT2D eigenvalue weighted by molar-refractivity contribution is 5.79. The van der Waals surface area contributed by atoms with Crippen LogP contribution < -0.4 is 4.65 Å². The number of nitrogens with zero attached hydrogens (tertiary/aromatic N) is 1. The molecule has 0 N–H and O–H groups in total. The van der Waals surface area contributed by atoms with Crippen LogP contribution in [-0.4, -0.2) is 0 Å². The number of hydrogen-bond acceptors (Lipinski definition) is 1. The van der Waals surface area contributed by atoms with E-state index >= 15 is 0 Å². The lowest BCUT2D eigenvalue weighted by molar-refractivity contribution is 0.691. The van der Waals surface area contributed by atoms with Crippen LogP contribution in [0.4, 0.5) is 11.4 Å². The Morgan fingerprint density at radius 2 is 1.50 bits per heavy atom. The Bertz CT molecular complexity index is 548. The van der Waals surface area contributed by atoms with Crippen molar-refractivity contribution in [1.29, 1.82) is 0 Å². The number of rotatable bonds is 1. The number of fused-ring (bicyclic) bond motifs is 1. The van der Waals surface area contributed by atoms with Crippen molar-refractivity contribution in [3.8, 4) is 0 Å². The summed E-state index contributed by atoms with van der Waals surface area (Å²) in [5, 5.41) is 12.8. The second-order valence-electron chi connectivity index (χ2n) is 3.87. The van der Waals surface area contributed by atoms with E-state index in [-0.39, 0.29) is 0 Å². The van der Waals surface area contributed by atoms with E-state index in [4.69, 9.17) is 0 Å². The third-order valence-electron chi connectivity index (χ3n) is 2.90. The summed E-state index contributed by atoms with van der Waals surface area (Å²) in [6, 6.07) is 17.1. The van der Waals surface area contributed by atoms with Crippen molar-refractivity contribution in [2.75, 3.05) is 0 Å². The van der Waals surface area contributed by atoms with Crippen LogP contribution in [0.3, 0.4) is 0 Å². The van der Waals surface area contributed by atoms with Gasteiger partial charge in [-0.15, -0.1) is 0 Å². The molecule has 0 bridgehead atoms. The molecule has 1 heterocycles. The minimum absolute atomic E-state index is 0.489. The van der Waals surface area contributed by atoms with E-state index in [1.807, 2.05) is 60.7 Å². The van der Waals surface area contributed by atoms with Gasteiger partial charge in [-0.3, -0.25) is 4.65 Å². The van der Waals surface area contributed by atoms with Crippen LogP contribution in [0.1, 0.15) is 5.56 Å². The summed E-state index contributed by atoms with van der Waals surface area (Å²) < 4.78 is -0.489. The lowest BCUT2D eigenvalue weighted by atomic mass is 10.2. The van der Waals surface area contributed by atoms with Crippen LogP contribution in [0.2, 0.25) is 0 Å². The molecule has 2 aromatic carbocycles. The van der Waals surface area contributed by atoms with Gasteiger partial charge in [0.1, 0.15) is 17.6 Å². The van der Waals surface area contributed by atoms with E-state index in [0.717, 1.165) is 16.9 Å². The van der Waals surface area contributed by atoms with E-state index in [1.165, 1.54) is 0 Å². The number of quaternary nitrogens is 1. The lowest BCUT2D eigenvalue weighted by Gasteiger charge is -2.35. The molecule has 78 valence electrons. The van der Waals surface area contributed by atoms with Crippen molar-refractivity contribution < 1.29 is 0 Å². The van der Waals surface area contributed by atoms with Gasteiger partial charge in [-0.2, -0.15) is 0 Å². The predicted molar refractivity (Wildman–Crippen MR) is 66.7 cm³/mol. The maximum absolute atomic E-state index is 12.8. The average molecular weight is 209 g/mol. The van der Waals surface area contributed by atoms with E-state index in [0.29, 0.717) is 0 Å². The molecule has 0 radical (unpaired) electrons. The molecular formula is C14H11NO. The monoisotopic (exact) mass is 209 g/mol. The van der Waals surface area contributed by atoms with Gasteiger partial charge in [0.2, 0.25) is 0 Å². The topological polar surface area (TPSA) is 23.1 Å². The van der Waals surface area contributed by atoms with Gasteiger partial charge in [-0.1, -0.05) is 30.3 Å². The fraction of sp³-hybridized carbons (Fsp3) is 0. The molecule has 1 unspecified atom stereocenters. The van der Waals surface area contributed by atoms with E-state index in [2.05, 4.69) is 0 Å². The standard InChI is InChI=1S/C14H11NO/c16-15(13-7-2-1-3-8-13)11-10-12-6-4-5-9-14(12)15/h1-11H. The summed E-state index contributed by atoms with van der Waals surface area (Å²) in [6.45, 7) is 0. The van der Waals surface area contributed by atoms with Gasteiger partial charge in [0.05, 0.1) is 0 Å². The Balaban J connectivity index is 2.19. The third-order valence-corrected chi connectivity index (χ3v) is 2.90. The van der Waals surface area contributed by atoms with E-state index < -0.39 is 4.65 Å². The summed E-state index contributed by atoms with van der Waals surface area (Å²) in [6.07, 6.45) is 3.56. The van der Waals surface area contributed by atoms with Crippen molar-refractivity contribution in [2.45, 2.75) is 0 Å². The first kappa shape index (κ1) is 9.33. The normalized spacial score (nSPS) is 22.1. The minimum atomic E-state index is -0.489. The van der Waals surface area contributed by atoms with Crippen molar-refractivity contribution in [3.63, 3.8) is 0 Å². The Kier molecular flexibility index (Phi) is 1.93. The molecule has 16 heavy (non-hydrogen) atoms. The fourth-order valence-corrected chi connectivity index (χ4v) is 2.07. The largest absolute Gasteiger partial charge is 0.617 e. The number of hydroxylamine groups is 1. The first-order valence-electron chi connectivity index (χ1n) is 5.25. The maximum Gasteiger partial charge on any atom is 0.150 e. The SMILES string of the molecule is [O-][N+]1(c2ccccc2)C=Cc2ccccc21. The van der Waals surface area contributed by atoms with Crippen molar-refractivity contribution in [1.82, 2.24) is 4.65 Å². The molecule has 2 aromatic rings. The quantitative estimate of drug-likeness (QED) is 0.517. The summed E-state index contributed by atoms with van der Waals surface area (Å²) in [5.74, 6) is 0. The smallest absolute Gasteiger partial charge is 0.150 e. The van der Waals surface area contributed by atoms with Gasteiger partial charge < -0.3 is 5.21 Å². The minimum Gasteiger partial charge on any atom is -0.617 e. The molecule has 1 atom stereocenters. The first-order valence-corrected chi connectivity index (χ1v) is 5.25. The van der Waals surface area contributed by atoms with E-state index in [1.54, 1.807) is 6.20 Å². The molecule has 1 aliphatic rings. The van der Waals surface area contributed by atoms with Gasteiger partial charge in [-0.05, 0) is 6.07 Å². The third kappa shape index (κ3) is 1.21. The van der Waals surface area contributed by atoms with Gasteiger partial charge >= 0.3 is 0 Å². The summed E-state index contributed by atoms with van der Waals surface area (Å²) >= 11 is 0. The zero-order chi connectivity index (χ0) is 11.0. The van der Waals surface area contributed by atoms with Crippen molar-refractivity contribution in [3.05, 3.63) is 71.6 Å². The maximum atomic E-state index is 12.8. The second-order valence-corrected chi connectivity index (χ2v) is 3.87. The van der Waals surface area contributed by atoms with E-state index in [9.17, 15) is 5.21 Å². The molecule has 0 saturated heterocycles. The van der Waals surface area contributed by atoms with Crippen LogP contribution in [-0.2, 0) is 0 Å². The average Bonchev–Trinajstić information content (AvgIpc) is 2.71. The van der Waals surface area contributed by atoms with Gasteiger partial charge in [-0.25, -0.2) is 0 Å². The first-order chi connectivity index (χ1) is 7.81. The highest BCUT2D eigenvalue weighted by Crippen LogP contribution is 2.41. The zero-order valence-electron chi connectivity index (χ0n) is 8.71. The molecule has 0 fully saturated rings. The highest BCUT2D eigenvalue weighted by atomic mass is 16.5. The molecule has 2 heteroatoms. The molecule has 0 spiro atoms. The highest BCUT2D eigenvalue weighted by Gasteiger charge is 2.27. The Labute approximate surface area is 94.2 Å². The van der Waals surface area contributed by atoms with Crippen molar-refractivity contribution >= 4 is 17.5 Å². The molecular weight excluding hydrogens is 198 g/mol. The van der Waals surface area contributed by atoms with Crippen LogP contribution in [0.5, 0.6) is 0 Å². The summed E-state index contributed by atoms with van der Waals surface area (Å²) in [5.41, 5.74) is 2.53. The predicted octanol–water partition coefficient (Wildman–Crippen LogP) is 3.81. The Hall–Kier alpha value is -1.90. The number of hydrogen-bond donors (Lipinski definition) is 0. The van der Waals surface area contributed by atoms with Crippen LogP contribution in [0.15, 0.2) is 60.8 Å². The summed E-state index contributed by atoms with van der Waals surface area (Å²) in [4.78, 5) is 0. The number of para-hydroxylation sites is 2. The Morgan fingerprint density at radius 3 is 2.31 bits per heavy atom. The van der Waals surface area contributed by atoms with Crippen LogP contribution in [0.25, 0.3) is 6.08 Å². The summed E-state index contributed by atoms with van der Waals surface area (Å²) in [7, 11) is 0. The fourth-order valence-electron chi connectivity index (χ4n) is 2.07. The lowest BCUT2D eigenvalue weighted by Crippen LogP contribution is -2.28.